The summed E-state index contributed by atoms with van der Waals surface area (Å²) in [4.78, 5) is 8.90. The number of aromatic nitrogens is 1. The van der Waals surface area contributed by atoms with Gasteiger partial charge < -0.3 is 24.7 Å². The van der Waals surface area contributed by atoms with Gasteiger partial charge in [0.15, 0.2) is 11.5 Å². The van der Waals surface area contributed by atoms with Crippen molar-refractivity contribution >= 4 is 22.8 Å². The first kappa shape index (κ1) is 21.6. The van der Waals surface area contributed by atoms with E-state index in [1.165, 1.54) is 6.07 Å². The quantitative estimate of drug-likeness (QED) is 0.346. The SMILES string of the molecule is COc1cc2nccc(N3CCN(Cc4cc(F)cc(C=NO)c4O)CC3)c2cc1OC. The van der Waals surface area contributed by atoms with Gasteiger partial charge in [-0.2, -0.15) is 0 Å². The Bertz CT molecular complexity index is 1150. The molecule has 0 saturated carbocycles. The Morgan fingerprint density at radius 3 is 2.50 bits per heavy atom. The Morgan fingerprint density at radius 2 is 1.81 bits per heavy atom. The second-order valence-corrected chi connectivity index (χ2v) is 7.56. The van der Waals surface area contributed by atoms with Gasteiger partial charge >= 0.3 is 0 Å². The van der Waals surface area contributed by atoms with Crippen molar-refractivity contribution < 1.29 is 24.2 Å². The number of piperazine rings is 1. The first-order valence-corrected chi connectivity index (χ1v) is 10.2. The summed E-state index contributed by atoms with van der Waals surface area (Å²) in [5.41, 5.74) is 2.49. The van der Waals surface area contributed by atoms with Crippen LogP contribution in [-0.2, 0) is 6.54 Å². The molecule has 0 bridgehead atoms. The molecule has 2 heterocycles. The Hall–Kier alpha value is -3.59. The summed E-state index contributed by atoms with van der Waals surface area (Å²) in [6, 6.07) is 8.25. The average Bonchev–Trinajstić information content (AvgIpc) is 2.81. The van der Waals surface area contributed by atoms with E-state index in [0.29, 0.717) is 23.6 Å². The smallest absolute Gasteiger partial charge is 0.162 e. The van der Waals surface area contributed by atoms with E-state index in [9.17, 15) is 9.50 Å². The van der Waals surface area contributed by atoms with Gasteiger partial charge in [-0.1, -0.05) is 5.16 Å². The average molecular weight is 440 g/mol. The summed E-state index contributed by atoms with van der Waals surface area (Å²) in [7, 11) is 3.21. The summed E-state index contributed by atoms with van der Waals surface area (Å²) in [6.07, 6.45) is 2.81. The van der Waals surface area contributed by atoms with Crippen LogP contribution in [0.3, 0.4) is 0 Å². The molecule has 0 unspecified atom stereocenters. The third-order valence-electron chi connectivity index (χ3n) is 5.71. The molecular formula is C23H25FN4O4. The molecule has 168 valence electrons. The van der Waals surface area contributed by atoms with Gasteiger partial charge in [-0.25, -0.2) is 4.39 Å². The number of ether oxygens (including phenoxy) is 2. The van der Waals surface area contributed by atoms with E-state index >= 15 is 0 Å². The van der Waals surface area contributed by atoms with Gasteiger partial charge in [0.1, 0.15) is 11.6 Å². The summed E-state index contributed by atoms with van der Waals surface area (Å²) < 4.78 is 24.8. The van der Waals surface area contributed by atoms with Gasteiger partial charge in [0.2, 0.25) is 0 Å². The monoisotopic (exact) mass is 440 g/mol. The minimum absolute atomic E-state index is 0.0761. The summed E-state index contributed by atoms with van der Waals surface area (Å²) >= 11 is 0. The summed E-state index contributed by atoms with van der Waals surface area (Å²) in [5.74, 6) is 0.721. The number of phenolic OH excluding ortho intramolecular Hbond substituents is 1. The first-order chi connectivity index (χ1) is 15.5. The molecule has 8 nitrogen and oxygen atoms in total. The molecule has 2 N–H and O–H groups in total. The number of hydrogen-bond donors (Lipinski definition) is 2. The maximum Gasteiger partial charge on any atom is 0.162 e. The number of anilines is 1. The van der Waals surface area contributed by atoms with Crippen LogP contribution in [0.2, 0.25) is 0 Å². The topological polar surface area (TPSA) is 90.7 Å². The highest BCUT2D eigenvalue weighted by Crippen LogP contribution is 2.36. The number of benzene rings is 2. The van der Waals surface area contributed by atoms with Crippen molar-refractivity contribution in [3.8, 4) is 17.2 Å². The van der Waals surface area contributed by atoms with Gasteiger partial charge in [-0.15, -0.1) is 0 Å². The van der Waals surface area contributed by atoms with E-state index in [-0.39, 0.29) is 11.3 Å². The Balaban J connectivity index is 1.52. The molecule has 4 rings (SSSR count). The largest absolute Gasteiger partial charge is 0.507 e. The van der Waals surface area contributed by atoms with Crippen LogP contribution in [0.25, 0.3) is 10.9 Å². The summed E-state index contributed by atoms with van der Waals surface area (Å²) in [5, 5.41) is 23.0. The number of hydrogen-bond acceptors (Lipinski definition) is 8. The van der Waals surface area contributed by atoms with Gasteiger partial charge in [0.25, 0.3) is 0 Å². The fraction of sp³-hybridized carbons (Fsp3) is 0.304. The maximum atomic E-state index is 13.9. The van der Waals surface area contributed by atoms with E-state index in [0.717, 1.165) is 55.1 Å². The third-order valence-corrected chi connectivity index (χ3v) is 5.71. The van der Waals surface area contributed by atoms with Crippen molar-refractivity contribution in [1.82, 2.24) is 9.88 Å². The molecule has 0 amide bonds. The predicted octanol–water partition coefficient (Wildman–Crippen LogP) is 3.23. The van der Waals surface area contributed by atoms with Crippen LogP contribution in [0.15, 0.2) is 41.7 Å². The number of aromatic hydroxyl groups is 1. The second-order valence-electron chi connectivity index (χ2n) is 7.56. The minimum atomic E-state index is -0.487. The predicted molar refractivity (Wildman–Crippen MR) is 120 cm³/mol. The molecule has 1 aliphatic rings. The van der Waals surface area contributed by atoms with Crippen molar-refractivity contribution in [2.24, 2.45) is 5.16 Å². The number of halogens is 1. The minimum Gasteiger partial charge on any atom is -0.507 e. The zero-order chi connectivity index (χ0) is 22.7. The zero-order valence-corrected chi connectivity index (χ0v) is 18.0. The maximum absolute atomic E-state index is 13.9. The van der Waals surface area contributed by atoms with E-state index in [1.54, 1.807) is 20.4 Å². The molecule has 9 heteroatoms. The molecule has 1 aliphatic heterocycles. The zero-order valence-electron chi connectivity index (χ0n) is 18.0. The van der Waals surface area contributed by atoms with E-state index < -0.39 is 5.82 Å². The molecule has 3 aromatic rings. The van der Waals surface area contributed by atoms with Crippen LogP contribution in [0, 0.1) is 5.82 Å². The van der Waals surface area contributed by atoms with E-state index in [1.807, 2.05) is 18.2 Å². The number of nitrogens with zero attached hydrogens (tertiary/aromatic N) is 4. The lowest BCUT2D eigenvalue weighted by Gasteiger charge is -2.36. The summed E-state index contributed by atoms with van der Waals surface area (Å²) in [6.45, 7) is 3.38. The molecule has 0 aliphatic carbocycles. The molecule has 1 saturated heterocycles. The fourth-order valence-electron chi connectivity index (χ4n) is 4.08. The number of oxime groups is 1. The standard InChI is InChI=1S/C23H25FN4O4/c1-31-21-11-18-19(12-22(21)32-2)25-4-3-20(18)28-7-5-27(6-8-28)14-16-10-17(24)9-15(13-26-30)23(16)29/h3-4,9-13,29-30H,5-8,14H2,1-2H3. The number of rotatable bonds is 6. The highest BCUT2D eigenvalue weighted by Gasteiger charge is 2.21. The van der Waals surface area contributed by atoms with Gasteiger partial charge in [0, 0.05) is 67.2 Å². The Kier molecular flexibility index (Phi) is 6.27. The highest BCUT2D eigenvalue weighted by molar-refractivity contribution is 5.94. The molecule has 32 heavy (non-hydrogen) atoms. The number of phenols is 1. The lowest BCUT2D eigenvalue weighted by molar-refractivity contribution is 0.246. The molecule has 1 aromatic heterocycles. The highest BCUT2D eigenvalue weighted by atomic mass is 19.1. The fourth-order valence-corrected chi connectivity index (χ4v) is 4.08. The molecule has 0 radical (unpaired) electrons. The number of pyridine rings is 1. The normalized spacial score (nSPS) is 14.9. The van der Waals surface area contributed by atoms with Crippen molar-refractivity contribution in [2.75, 3.05) is 45.3 Å². The van der Waals surface area contributed by atoms with Crippen molar-refractivity contribution in [3.05, 3.63) is 53.5 Å². The molecule has 1 fully saturated rings. The lowest BCUT2D eigenvalue weighted by Crippen LogP contribution is -2.46. The van der Waals surface area contributed by atoms with Crippen molar-refractivity contribution in [3.63, 3.8) is 0 Å². The van der Waals surface area contributed by atoms with Gasteiger partial charge in [-0.3, -0.25) is 9.88 Å². The first-order valence-electron chi connectivity index (χ1n) is 10.2. The van der Waals surface area contributed by atoms with Gasteiger partial charge in [-0.05, 0) is 24.3 Å². The van der Waals surface area contributed by atoms with Crippen LogP contribution in [-0.4, -0.2) is 66.8 Å². The van der Waals surface area contributed by atoms with Crippen LogP contribution in [0.5, 0.6) is 17.2 Å². The molecule has 0 spiro atoms. The van der Waals surface area contributed by atoms with Crippen LogP contribution < -0.4 is 14.4 Å². The molecule has 2 aromatic carbocycles. The number of fused-ring (bicyclic) bond motifs is 1. The van der Waals surface area contributed by atoms with Crippen molar-refractivity contribution in [2.45, 2.75) is 6.54 Å². The third kappa shape index (κ3) is 4.24. The van der Waals surface area contributed by atoms with E-state index in [4.69, 9.17) is 14.7 Å². The van der Waals surface area contributed by atoms with E-state index in [2.05, 4.69) is 19.9 Å². The Labute approximate surface area is 185 Å². The van der Waals surface area contributed by atoms with Crippen molar-refractivity contribution in [1.29, 1.82) is 0 Å². The van der Waals surface area contributed by atoms with Crippen LogP contribution >= 0.6 is 0 Å². The van der Waals surface area contributed by atoms with Crippen LogP contribution in [0.4, 0.5) is 10.1 Å². The lowest BCUT2D eigenvalue weighted by atomic mass is 10.1. The number of methoxy groups -OCH3 is 2. The van der Waals surface area contributed by atoms with Gasteiger partial charge in [0.05, 0.1) is 26.0 Å². The second kappa shape index (κ2) is 9.27. The van der Waals surface area contributed by atoms with Crippen LogP contribution in [0.1, 0.15) is 11.1 Å². The Morgan fingerprint density at radius 1 is 1.09 bits per heavy atom. The molecule has 0 atom stereocenters. The molecular weight excluding hydrogens is 415 g/mol.